The standard InChI is InChI=1S/C24H34N2O4S/c1-4-11-25(15-18(27)5-2)16-24(28)26-12-9-23-21(10-13-31-23)22(26)17-30-20-8-6-7-19(14-20)29-3/h6-8,10,13-14,18,22,27H,4-5,9,11-12,15-17H2,1-3H3/t18-,22+/m0/s1. The highest BCUT2D eigenvalue weighted by Gasteiger charge is 2.33. The number of methoxy groups -OCH3 is 1. The summed E-state index contributed by atoms with van der Waals surface area (Å²) >= 11 is 1.75. The van der Waals surface area contributed by atoms with Crippen LogP contribution in [0.5, 0.6) is 11.5 Å². The first-order valence-electron chi connectivity index (χ1n) is 11.1. The number of ether oxygens (including phenoxy) is 2. The van der Waals surface area contributed by atoms with Crippen LogP contribution in [0.25, 0.3) is 0 Å². The van der Waals surface area contributed by atoms with Crippen LogP contribution in [0.3, 0.4) is 0 Å². The monoisotopic (exact) mass is 446 g/mol. The zero-order valence-electron chi connectivity index (χ0n) is 18.8. The molecule has 1 aromatic carbocycles. The van der Waals surface area contributed by atoms with Crippen LogP contribution in [-0.4, -0.2) is 66.8 Å². The molecule has 1 N–H and O–H groups in total. The zero-order valence-corrected chi connectivity index (χ0v) is 19.6. The van der Waals surface area contributed by atoms with Gasteiger partial charge in [0, 0.05) is 24.0 Å². The molecule has 0 saturated carbocycles. The Balaban J connectivity index is 1.73. The third kappa shape index (κ3) is 6.21. The van der Waals surface area contributed by atoms with Gasteiger partial charge in [0.2, 0.25) is 5.91 Å². The summed E-state index contributed by atoms with van der Waals surface area (Å²) in [7, 11) is 1.63. The van der Waals surface area contributed by atoms with E-state index in [1.807, 2.05) is 36.1 Å². The molecule has 2 aromatic rings. The van der Waals surface area contributed by atoms with Crippen molar-refractivity contribution in [2.75, 3.05) is 39.9 Å². The van der Waals surface area contributed by atoms with Crippen LogP contribution in [0.2, 0.25) is 0 Å². The number of aliphatic hydroxyl groups is 1. The number of carbonyl (C=O) groups excluding carboxylic acids is 1. The third-order valence-corrected chi connectivity index (χ3v) is 6.70. The number of amides is 1. The van der Waals surface area contributed by atoms with E-state index in [0.29, 0.717) is 32.7 Å². The van der Waals surface area contributed by atoms with Crippen molar-refractivity contribution in [1.82, 2.24) is 9.80 Å². The van der Waals surface area contributed by atoms with Crippen LogP contribution < -0.4 is 9.47 Å². The van der Waals surface area contributed by atoms with E-state index in [2.05, 4.69) is 23.3 Å². The minimum Gasteiger partial charge on any atom is -0.497 e. The van der Waals surface area contributed by atoms with Gasteiger partial charge in [-0.15, -0.1) is 11.3 Å². The summed E-state index contributed by atoms with van der Waals surface area (Å²) in [5, 5.41) is 12.2. The van der Waals surface area contributed by atoms with Gasteiger partial charge in [-0.25, -0.2) is 0 Å². The van der Waals surface area contributed by atoms with Crippen LogP contribution in [-0.2, 0) is 11.2 Å². The van der Waals surface area contributed by atoms with Crippen molar-refractivity contribution in [3.8, 4) is 11.5 Å². The Hall–Kier alpha value is -2.09. The average Bonchev–Trinajstić information content (AvgIpc) is 3.26. The molecule has 2 atom stereocenters. The van der Waals surface area contributed by atoms with Gasteiger partial charge in [0.25, 0.3) is 0 Å². The highest BCUT2D eigenvalue weighted by molar-refractivity contribution is 7.10. The van der Waals surface area contributed by atoms with E-state index in [1.54, 1.807) is 18.4 Å². The molecular weight excluding hydrogens is 412 g/mol. The van der Waals surface area contributed by atoms with Crippen molar-refractivity contribution in [2.45, 2.75) is 45.3 Å². The molecule has 0 unspecified atom stereocenters. The quantitative estimate of drug-likeness (QED) is 0.570. The molecule has 0 fully saturated rings. The molecule has 1 aliphatic rings. The molecule has 1 aliphatic heterocycles. The molecule has 6 nitrogen and oxygen atoms in total. The predicted octanol–water partition coefficient (Wildman–Crippen LogP) is 3.74. The molecule has 31 heavy (non-hydrogen) atoms. The molecule has 0 spiro atoms. The molecular formula is C24H34N2O4S. The van der Waals surface area contributed by atoms with Crippen LogP contribution in [0.1, 0.15) is 43.2 Å². The van der Waals surface area contributed by atoms with Crippen LogP contribution >= 0.6 is 11.3 Å². The molecule has 7 heteroatoms. The number of rotatable bonds is 11. The predicted molar refractivity (Wildman–Crippen MR) is 124 cm³/mol. The number of carbonyl (C=O) groups is 1. The van der Waals surface area contributed by atoms with Gasteiger partial charge < -0.3 is 19.5 Å². The topological polar surface area (TPSA) is 62.2 Å². The number of benzene rings is 1. The number of nitrogens with zero attached hydrogens (tertiary/aromatic N) is 2. The largest absolute Gasteiger partial charge is 0.497 e. The normalized spacial score (nSPS) is 16.8. The van der Waals surface area contributed by atoms with Gasteiger partial charge >= 0.3 is 0 Å². The molecule has 0 radical (unpaired) electrons. The van der Waals surface area contributed by atoms with E-state index in [1.165, 1.54) is 10.4 Å². The highest BCUT2D eigenvalue weighted by Crippen LogP contribution is 2.34. The lowest BCUT2D eigenvalue weighted by Crippen LogP contribution is -2.47. The SMILES string of the molecule is CCCN(CC(=O)N1CCc2sccc2[C@H]1COc1cccc(OC)c1)C[C@@H](O)CC. The molecule has 170 valence electrons. The summed E-state index contributed by atoms with van der Waals surface area (Å²) in [6, 6.07) is 9.54. The van der Waals surface area contributed by atoms with Crippen molar-refractivity contribution in [1.29, 1.82) is 0 Å². The smallest absolute Gasteiger partial charge is 0.237 e. The number of hydrogen-bond donors (Lipinski definition) is 1. The molecule has 3 rings (SSSR count). The maximum absolute atomic E-state index is 13.3. The maximum Gasteiger partial charge on any atom is 0.237 e. The van der Waals surface area contributed by atoms with Crippen molar-refractivity contribution in [3.63, 3.8) is 0 Å². The lowest BCUT2D eigenvalue weighted by atomic mass is 10.0. The van der Waals surface area contributed by atoms with Crippen LogP contribution in [0, 0.1) is 0 Å². The van der Waals surface area contributed by atoms with Gasteiger partial charge in [-0.2, -0.15) is 0 Å². The molecule has 1 amide bonds. The van der Waals surface area contributed by atoms with Crippen molar-refractivity contribution >= 4 is 17.2 Å². The van der Waals surface area contributed by atoms with Gasteiger partial charge in [0.15, 0.2) is 0 Å². The third-order valence-electron chi connectivity index (χ3n) is 5.70. The molecule has 1 aromatic heterocycles. The number of hydrogen-bond acceptors (Lipinski definition) is 6. The van der Waals surface area contributed by atoms with E-state index in [4.69, 9.17) is 9.47 Å². The van der Waals surface area contributed by atoms with E-state index in [-0.39, 0.29) is 11.9 Å². The first-order chi connectivity index (χ1) is 15.0. The minimum atomic E-state index is -0.406. The fraction of sp³-hybridized carbons (Fsp3) is 0.542. The zero-order chi connectivity index (χ0) is 22.2. The van der Waals surface area contributed by atoms with Crippen LogP contribution in [0.15, 0.2) is 35.7 Å². The second-order valence-electron chi connectivity index (χ2n) is 7.94. The Morgan fingerprint density at radius 3 is 2.87 bits per heavy atom. The Bertz CT molecular complexity index is 840. The van der Waals surface area contributed by atoms with Crippen LogP contribution in [0.4, 0.5) is 0 Å². The van der Waals surface area contributed by atoms with Gasteiger partial charge in [0.05, 0.1) is 25.8 Å². The lowest BCUT2D eigenvalue weighted by molar-refractivity contribution is -0.136. The van der Waals surface area contributed by atoms with E-state index >= 15 is 0 Å². The molecule has 0 saturated heterocycles. The van der Waals surface area contributed by atoms with Gasteiger partial charge in [-0.05, 0) is 54.9 Å². The van der Waals surface area contributed by atoms with E-state index in [9.17, 15) is 9.90 Å². The summed E-state index contributed by atoms with van der Waals surface area (Å²) in [5.74, 6) is 1.57. The van der Waals surface area contributed by atoms with Crippen molar-refractivity contribution < 1.29 is 19.4 Å². The Kier molecular flexibility index (Phi) is 8.75. The second-order valence-corrected chi connectivity index (χ2v) is 8.94. The number of aliphatic hydroxyl groups excluding tert-OH is 1. The molecule has 0 bridgehead atoms. The van der Waals surface area contributed by atoms with Gasteiger partial charge in [0.1, 0.15) is 18.1 Å². The maximum atomic E-state index is 13.3. The van der Waals surface area contributed by atoms with Crippen molar-refractivity contribution in [3.05, 3.63) is 46.2 Å². The summed E-state index contributed by atoms with van der Waals surface area (Å²) < 4.78 is 11.4. The Morgan fingerprint density at radius 2 is 2.13 bits per heavy atom. The highest BCUT2D eigenvalue weighted by atomic mass is 32.1. The Labute approximate surface area is 189 Å². The van der Waals surface area contributed by atoms with Gasteiger partial charge in [-0.3, -0.25) is 9.69 Å². The summed E-state index contributed by atoms with van der Waals surface area (Å²) in [5.41, 5.74) is 1.18. The van der Waals surface area contributed by atoms with E-state index < -0.39 is 6.10 Å². The number of thiophene rings is 1. The minimum absolute atomic E-state index is 0.0906. The summed E-state index contributed by atoms with van der Waals surface area (Å²) in [4.78, 5) is 18.7. The molecule has 0 aliphatic carbocycles. The van der Waals surface area contributed by atoms with Crippen molar-refractivity contribution in [2.24, 2.45) is 0 Å². The molecule has 2 heterocycles. The van der Waals surface area contributed by atoms with Gasteiger partial charge in [-0.1, -0.05) is 19.9 Å². The number of fused-ring (bicyclic) bond motifs is 1. The summed E-state index contributed by atoms with van der Waals surface area (Å²) in [6.07, 6.45) is 2.10. The van der Waals surface area contributed by atoms with E-state index in [0.717, 1.165) is 30.9 Å². The fourth-order valence-electron chi connectivity index (χ4n) is 4.00. The fourth-order valence-corrected chi connectivity index (χ4v) is 4.93. The lowest BCUT2D eigenvalue weighted by Gasteiger charge is -2.37. The summed E-state index contributed by atoms with van der Waals surface area (Å²) in [6.45, 7) is 6.79. The average molecular weight is 447 g/mol. The Morgan fingerprint density at radius 1 is 1.32 bits per heavy atom. The first-order valence-corrected chi connectivity index (χ1v) is 12.0. The first kappa shape index (κ1) is 23.6. The second kappa shape index (κ2) is 11.5.